The number of rotatable bonds is 10. The summed E-state index contributed by atoms with van der Waals surface area (Å²) in [5.74, 6) is -0.867. The lowest BCUT2D eigenvalue weighted by Gasteiger charge is -2.26. The van der Waals surface area contributed by atoms with E-state index in [1.807, 2.05) is 12.1 Å². The van der Waals surface area contributed by atoms with Gasteiger partial charge in [0.1, 0.15) is 0 Å². The fourth-order valence-corrected chi connectivity index (χ4v) is 2.42. The zero-order valence-electron chi connectivity index (χ0n) is 13.5. The van der Waals surface area contributed by atoms with E-state index in [9.17, 15) is 4.79 Å². The van der Waals surface area contributed by atoms with Crippen molar-refractivity contribution in [1.29, 1.82) is 0 Å². The summed E-state index contributed by atoms with van der Waals surface area (Å²) in [7, 11) is 0. The van der Waals surface area contributed by atoms with Crippen LogP contribution in [0.3, 0.4) is 0 Å². The van der Waals surface area contributed by atoms with E-state index in [2.05, 4.69) is 30.6 Å². The summed E-state index contributed by atoms with van der Waals surface area (Å²) < 4.78 is 0. The minimum absolute atomic E-state index is 0.351. The minimum Gasteiger partial charge on any atom is -0.478 e. The van der Waals surface area contributed by atoms with Crippen LogP contribution in [0.5, 0.6) is 0 Å². The van der Waals surface area contributed by atoms with Crippen LogP contribution in [0.2, 0.25) is 0 Å². The topological polar surface area (TPSA) is 43.8 Å². The molecule has 0 aliphatic carbocycles. The predicted molar refractivity (Wildman–Crippen MR) is 86.8 cm³/mol. The van der Waals surface area contributed by atoms with Crippen LogP contribution in [-0.2, 0) is 6.54 Å². The summed E-state index contributed by atoms with van der Waals surface area (Å²) >= 11 is 0. The summed E-state index contributed by atoms with van der Waals surface area (Å²) in [4.78, 5) is 15.7. The molecule has 0 atom stereocenters. The number of benzene rings is 1. The standard InChI is InChI=1S/C17H28N2O2/c1-4-11-19(13-12-18(5-2)6-3)14-15-7-9-16(10-8-15)17(20)21/h7-10H,4-6,11-14H2,1-3H3,(H,20,21). The molecule has 0 fully saturated rings. The number of likely N-dealkylation sites (N-methyl/N-ethyl adjacent to an activating group) is 1. The first kappa shape index (κ1) is 17.7. The molecule has 0 aliphatic rings. The van der Waals surface area contributed by atoms with Crippen molar-refractivity contribution in [1.82, 2.24) is 9.80 Å². The number of hydrogen-bond donors (Lipinski definition) is 1. The maximum absolute atomic E-state index is 10.9. The lowest BCUT2D eigenvalue weighted by Crippen LogP contribution is -2.35. The molecule has 0 radical (unpaired) electrons. The van der Waals surface area contributed by atoms with Gasteiger partial charge in [0.2, 0.25) is 0 Å². The molecule has 21 heavy (non-hydrogen) atoms. The maximum Gasteiger partial charge on any atom is 0.335 e. The molecule has 1 rings (SSSR count). The Morgan fingerprint density at radius 1 is 0.952 bits per heavy atom. The molecule has 0 unspecified atom stereocenters. The van der Waals surface area contributed by atoms with E-state index in [1.54, 1.807) is 12.1 Å². The smallest absolute Gasteiger partial charge is 0.335 e. The zero-order chi connectivity index (χ0) is 15.7. The van der Waals surface area contributed by atoms with Gasteiger partial charge in [-0.3, -0.25) is 4.90 Å². The fraction of sp³-hybridized carbons (Fsp3) is 0.588. The SMILES string of the molecule is CCCN(CCN(CC)CC)Cc1ccc(C(=O)O)cc1. The maximum atomic E-state index is 10.9. The third-order valence-electron chi connectivity index (χ3n) is 3.77. The van der Waals surface area contributed by atoms with Gasteiger partial charge < -0.3 is 10.0 Å². The molecule has 0 aromatic heterocycles. The molecule has 4 heteroatoms. The van der Waals surface area contributed by atoms with Crippen LogP contribution in [0.15, 0.2) is 24.3 Å². The number of hydrogen-bond acceptors (Lipinski definition) is 3. The lowest BCUT2D eigenvalue weighted by molar-refractivity contribution is 0.0697. The van der Waals surface area contributed by atoms with Crippen molar-refractivity contribution in [3.8, 4) is 0 Å². The van der Waals surface area contributed by atoms with Gasteiger partial charge in [0.15, 0.2) is 0 Å². The van der Waals surface area contributed by atoms with Crippen LogP contribution in [0.1, 0.15) is 43.1 Å². The molecule has 4 nitrogen and oxygen atoms in total. The molecule has 0 bridgehead atoms. The Labute approximate surface area is 128 Å². The second-order valence-electron chi connectivity index (χ2n) is 5.31. The van der Waals surface area contributed by atoms with Crippen LogP contribution < -0.4 is 0 Å². The van der Waals surface area contributed by atoms with Crippen molar-refractivity contribution in [2.75, 3.05) is 32.7 Å². The Hall–Kier alpha value is -1.39. The van der Waals surface area contributed by atoms with Gasteiger partial charge in [-0.1, -0.05) is 32.9 Å². The van der Waals surface area contributed by atoms with Crippen LogP contribution in [0.25, 0.3) is 0 Å². The molecular weight excluding hydrogens is 264 g/mol. The number of carboxylic acids is 1. The first-order chi connectivity index (χ1) is 10.1. The largest absolute Gasteiger partial charge is 0.478 e. The number of carboxylic acid groups (broad SMARTS) is 1. The molecule has 1 aromatic rings. The van der Waals surface area contributed by atoms with Crippen LogP contribution in [0, 0.1) is 0 Å². The minimum atomic E-state index is -0.867. The van der Waals surface area contributed by atoms with Crippen molar-refractivity contribution in [2.24, 2.45) is 0 Å². The highest BCUT2D eigenvalue weighted by atomic mass is 16.4. The second-order valence-corrected chi connectivity index (χ2v) is 5.31. The Bertz CT molecular complexity index is 413. The first-order valence-electron chi connectivity index (χ1n) is 7.87. The highest BCUT2D eigenvalue weighted by Crippen LogP contribution is 2.08. The molecule has 0 spiro atoms. The average Bonchev–Trinajstić information content (AvgIpc) is 2.49. The molecule has 0 heterocycles. The molecule has 0 amide bonds. The normalized spacial score (nSPS) is 11.3. The van der Waals surface area contributed by atoms with Gasteiger partial charge in [-0.15, -0.1) is 0 Å². The van der Waals surface area contributed by atoms with Crippen molar-refractivity contribution in [3.63, 3.8) is 0 Å². The second kappa shape index (κ2) is 9.53. The van der Waals surface area contributed by atoms with E-state index in [0.29, 0.717) is 5.56 Å². The lowest BCUT2D eigenvalue weighted by atomic mass is 10.1. The monoisotopic (exact) mass is 292 g/mol. The third-order valence-corrected chi connectivity index (χ3v) is 3.77. The molecule has 0 saturated carbocycles. The Morgan fingerprint density at radius 3 is 2.00 bits per heavy atom. The summed E-state index contributed by atoms with van der Waals surface area (Å²) in [6, 6.07) is 7.21. The molecule has 0 aliphatic heterocycles. The Kier molecular flexibility index (Phi) is 8.01. The van der Waals surface area contributed by atoms with Crippen LogP contribution in [-0.4, -0.2) is 53.6 Å². The quantitative estimate of drug-likeness (QED) is 0.720. The fourth-order valence-electron chi connectivity index (χ4n) is 2.42. The van der Waals surface area contributed by atoms with E-state index < -0.39 is 5.97 Å². The first-order valence-corrected chi connectivity index (χ1v) is 7.87. The van der Waals surface area contributed by atoms with Crippen molar-refractivity contribution >= 4 is 5.97 Å². The van der Waals surface area contributed by atoms with Crippen LogP contribution >= 0.6 is 0 Å². The predicted octanol–water partition coefficient (Wildman–Crippen LogP) is 2.94. The van der Waals surface area contributed by atoms with Gasteiger partial charge >= 0.3 is 5.97 Å². The molecule has 118 valence electrons. The Balaban J connectivity index is 2.58. The molecule has 1 N–H and O–H groups in total. The van der Waals surface area contributed by atoms with Gasteiger partial charge in [0, 0.05) is 19.6 Å². The van der Waals surface area contributed by atoms with Crippen LogP contribution in [0.4, 0.5) is 0 Å². The van der Waals surface area contributed by atoms with Gasteiger partial charge in [0.25, 0.3) is 0 Å². The van der Waals surface area contributed by atoms with Gasteiger partial charge in [-0.25, -0.2) is 4.79 Å². The van der Waals surface area contributed by atoms with Crippen molar-refractivity contribution < 1.29 is 9.90 Å². The van der Waals surface area contributed by atoms with Crippen molar-refractivity contribution in [3.05, 3.63) is 35.4 Å². The molecule has 1 aromatic carbocycles. The highest BCUT2D eigenvalue weighted by molar-refractivity contribution is 5.87. The van der Waals surface area contributed by atoms with Gasteiger partial charge in [-0.05, 0) is 43.8 Å². The highest BCUT2D eigenvalue weighted by Gasteiger charge is 2.08. The van der Waals surface area contributed by atoms with E-state index in [1.165, 1.54) is 5.56 Å². The van der Waals surface area contributed by atoms with Gasteiger partial charge in [0.05, 0.1) is 5.56 Å². The van der Waals surface area contributed by atoms with E-state index in [0.717, 1.165) is 45.7 Å². The Morgan fingerprint density at radius 2 is 1.52 bits per heavy atom. The molecular formula is C17H28N2O2. The number of aromatic carboxylic acids is 1. The summed E-state index contributed by atoms with van der Waals surface area (Å²) in [5, 5.41) is 8.93. The zero-order valence-corrected chi connectivity index (χ0v) is 13.5. The van der Waals surface area contributed by atoms with E-state index in [4.69, 9.17) is 5.11 Å². The summed E-state index contributed by atoms with van der Waals surface area (Å²) in [5.41, 5.74) is 1.52. The number of nitrogens with zero attached hydrogens (tertiary/aromatic N) is 2. The van der Waals surface area contributed by atoms with E-state index >= 15 is 0 Å². The third kappa shape index (κ3) is 6.27. The van der Waals surface area contributed by atoms with Gasteiger partial charge in [-0.2, -0.15) is 0 Å². The van der Waals surface area contributed by atoms with E-state index in [-0.39, 0.29) is 0 Å². The summed E-state index contributed by atoms with van der Waals surface area (Å²) in [6.07, 6.45) is 1.13. The van der Waals surface area contributed by atoms with Crippen molar-refractivity contribution in [2.45, 2.75) is 33.7 Å². The molecule has 0 saturated heterocycles. The summed E-state index contributed by atoms with van der Waals surface area (Å²) in [6.45, 7) is 12.8. The number of carbonyl (C=O) groups is 1. The average molecular weight is 292 g/mol.